The largest absolute Gasteiger partial charge is 0.474 e. The fraction of sp³-hybridized carbons (Fsp3) is 0.429. The van der Waals surface area contributed by atoms with Gasteiger partial charge in [-0.1, -0.05) is 24.3 Å². The number of ether oxygens (including phenoxy) is 1. The monoisotopic (exact) mass is 391 g/mol. The summed E-state index contributed by atoms with van der Waals surface area (Å²) in [6.45, 7) is 1.68. The Morgan fingerprint density at radius 3 is 2.57 bits per heavy atom. The summed E-state index contributed by atoms with van der Waals surface area (Å²) in [4.78, 5) is 25.4. The van der Waals surface area contributed by atoms with Crippen molar-refractivity contribution in [1.29, 1.82) is 0 Å². The van der Waals surface area contributed by atoms with Crippen molar-refractivity contribution in [3.63, 3.8) is 0 Å². The van der Waals surface area contributed by atoms with Crippen molar-refractivity contribution >= 4 is 11.7 Å². The maximum Gasteiger partial charge on any atom is 0.406 e. The van der Waals surface area contributed by atoms with Gasteiger partial charge in [0.2, 0.25) is 0 Å². The minimum Gasteiger partial charge on any atom is -0.474 e. The molecule has 1 aliphatic heterocycles. The molecule has 0 aromatic heterocycles. The van der Waals surface area contributed by atoms with Crippen molar-refractivity contribution in [2.45, 2.75) is 45.0 Å². The van der Waals surface area contributed by atoms with E-state index in [9.17, 15) is 22.8 Å². The second kappa shape index (κ2) is 6.50. The molecule has 3 atom stereocenters. The molecule has 1 aromatic rings. The third-order valence-electron chi connectivity index (χ3n) is 6.01. The highest BCUT2D eigenvalue weighted by Crippen LogP contribution is 2.49. The molecule has 4 rings (SSSR count). The number of rotatable bonds is 3. The first-order chi connectivity index (χ1) is 13.2. The number of nitrogens with zero attached hydrogens (tertiary/aromatic N) is 1. The Morgan fingerprint density at radius 2 is 1.86 bits per heavy atom. The van der Waals surface area contributed by atoms with Crippen LogP contribution < -0.4 is 0 Å². The van der Waals surface area contributed by atoms with Gasteiger partial charge in [-0.2, -0.15) is 13.2 Å². The summed E-state index contributed by atoms with van der Waals surface area (Å²) in [5, 5.41) is 0. The van der Waals surface area contributed by atoms with E-state index in [4.69, 9.17) is 4.74 Å². The Kier molecular flexibility index (Phi) is 4.36. The topological polar surface area (TPSA) is 46.6 Å². The molecule has 1 saturated carbocycles. The first-order valence-corrected chi connectivity index (χ1v) is 9.19. The van der Waals surface area contributed by atoms with E-state index in [1.54, 1.807) is 6.92 Å². The van der Waals surface area contributed by atoms with Gasteiger partial charge >= 0.3 is 6.18 Å². The van der Waals surface area contributed by atoms with Crippen LogP contribution in [0.1, 0.15) is 37.3 Å². The lowest BCUT2D eigenvalue weighted by Crippen LogP contribution is -2.42. The third kappa shape index (κ3) is 3.02. The van der Waals surface area contributed by atoms with Crippen molar-refractivity contribution in [2.24, 2.45) is 5.92 Å². The number of fused-ring (bicyclic) bond motifs is 3. The summed E-state index contributed by atoms with van der Waals surface area (Å²) in [6.07, 6.45) is -3.29. The molecule has 2 aliphatic carbocycles. The highest BCUT2D eigenvalue weighted by molar-refractivity contribution is 6.00. The van der Waals surface area contributed by atoms with Crippen LogP contribution in [0.3, 0.4) is 0 Å². The van der Waals surface area contributed by atoms with Gasteiger partial charge in [-0.05, 0) is 42.9 Å². The van der Waals surface area contributed by atoms with Crippen LogP contribution in [0.4, 0.5) is 13.2 Å². The molecule has 1 fully saturated rings. The van der Waals surface area contributed by atoms with Crippen LogP contribution in [0.2, 0.25) is 0 Å². The Bertz CT molecular complexity index is 916. The number of carbonyl (C=O) groups excluding carboxylic acids is 2. The summed E-state index contributed by atoms with van der Waals surface area (Å²) in [5.41, 5.74) is 3.53. The predicted molar refractivity (Wildman–Crippen MR) is 95.1 cm³/mol. The summed E-state index contributed by atoms with van der Waals surface area (Å²) in [7, 11) is 0. The zero-order valence-electron chi connectivity index (χ0n) is 15.5. The molecule has 28 heavy (non-hydrogen) atoms. The highest BCUT2D eigenvalue weighted by Gasteiger charge is 2.46. The summed E-state index contributed by atoms with van der Waals surface area (Å²) >= 11 is 0. The molecular formula is C21H20F3NO3. The van der Waals surface area contributed by atoms with Crippen molar-refractivity contribution in [2.75, 3.05) is 6.54 Å². The Balaban J connectivity index is 1.58. The summed E-state index contributed by atoms with van der Waals surface area (Å²) in [5.74, 6) is -0.673. The molecule has 1 aromatic carbocycles. The van der Waals surface area contributed by atoms with Crippen LogP contribution in [-0.4, -0.2) is 35.5 Å². The number of allylic oxidation sites excluding steroid dienone is 1. The number of ketones is 1. The smallest absolute Gasteiger partial charge is 0.406 e. The lowest BCUT2D eigenvalue weighted by molar-refractivity contribution is -0.170. The van der Waals surface area contributed by atoms with Crippen LogP contribution in [-0.2, 0) is 20.7 Å². The SMILES string of the molecule is CC1=C(C)C(O/C=C2/C(=O)CC3c4ccccc4CC23)N(CC(F)(F)F)C1=O. The van der Waals surface area contributed by atoms with Crippen LogP contribution >= 0.6 is 0 Å². The van der Waals surface area contributed by atoms with Crippen LogP contribution in [0, 0.1) is 5.92 Å². The van der Waals surface area contributed by atoms with Crippen LogP contribution in [0.5, 0.6) is 0 Å². The molecule has 0 radical (unpaired) electrons. The number of hydrogen-bond donors (Lipinski definition) is 0. The molecule has 3 aliphatic rings. The fourth-order valence-electron chi connectivity index (χ4n) is 4.50. The quantitative estimate of drug-likeness (QED) is 0.580. The number of halogens is 3. The normalized spacial score (nSPS) is 28.4. The molecule has 0 spiro atoms. The lowest BCUT2D eigenvalue weighted by Gasteiger charge is -2.27. The Labute approximate surface area is 160 Å². The minimum atomic E-state index is -4.53. The third-order valence-corrected chi connectivity index (χ3v) is 6.01. The van der Waals surface area contributed by atoms with Gasteiger partial charge in [0.05, 0.1) is 6.26 Å². The molecule has 0 N–H and O–H groups in total. The molecule has 1 heterocycles. The van der Waals surface area contributed by atoms with Gasteiger partial charge in [0.25, 0.3) is 5.91 Å². The molecule has 7 heteroatoms. The van der Waals surface area contributed by atoms with Gasteiger partial charge < -0.3 is 4.74 Å². The van der Waals surface area contributed by atoms with Crippen molar-refractivity contribution in [3.05, 3.63) is 58.4 Å². The first-order valence-electron chi connectivity index (χ1n) is 9.19. The van der Waals surface area contributed by atoms with Gasteiger partial charge in [0.15, 0.2) is 12.0 Å². The van der Waals surface area contributed by atoms with E-state index in [2.05, 4.69) is 0 Å². The minimum absolute atomic E-state index is 0.0246. The number of Topliss-reactive ketones (excluding diaryl/α,β-unsaturated/α-hetero) is 1. The van der Waals surface area contributed by atoms with E-state index in [-0.39, 0.29) is 23.2 Å². The number of amides is 1. The van der Waals surface area contributed by atoms with E-state index >= 15 is 0 Å². The van der Waals surface area contributed by atoms with Gasteiger partial charge in [-0.15, -0.1) is 0 Å². The number of alkyl halides is 3. The average Bonchev–Trinajstić information content (AvgIpc) is 3.19. The fourth-order valence-corrected chi connectivity index (χ4v) is 4.50. The highest BCUT2D eigenvalue weighted by atomic mass is 19.4. The van der Waals surface area contributed by atoms with E-state index in [1.165, 1.54) is 18.7 Å². The molecule has 4 nitrogen and oxygen atoms in total. The second-order valence-electron chi connectivity index (χ2n) is 7.66. The zero-order valence-corrected chi connectivity index (χ0v) is 15.5. The van der Waals surface area contributed by atoms with Crippen LogP contribution in [0.15, 0.2) is 47.2 Å². The molecular weight excluding hydrogens is 371 g/mol. The summed E-state index contributed by atoms with van der Waals surface area (Å²) < 4.78 is 44.3. The van der Waals surface area contributed by atoms with E-state index < -0.39 is 24.9 Å². The second-order valence-corrected chi connectivity index (χ2v) is 7.66. The average molecular weight is 391 g/mol. The molecule has 0 bridgehead atoms. The lowest BCUT2D eigenvalue weighted by atomic mass is 9.95. The van der Waals surface area contributed by atoms with Gasteiger partial charge in [-0.3, -0.25) is 14.5 Å². The molecule has 3 unspecified atom stereocenters. The van der Waals surface area contributed by atoms with Crippen molar-refractivity contribution in [3.8, 4) is 0 Å². The number of hydrogen-bond acceptors (Lipinski definition) is 3. The van der Waals surface area contributed by atoms with E-state index in [0.29, 0.717) is 28.9 Å². The number of carbonyl (C=O) groups is 2. The van der Waals surface area contributed by atoms with Crippen molar-refractivity contribution < 1.29 is 27.5 Å². The predicted octanol–water partition coefficient (Wildman–Crippen LogP) is 3.88. The summed E-state index contributed by atoms with van der Waals surface area (Å²) in [6, 6.07) is 7.96. The maximum absolute atomic E-state index is 12.9. The zero-order chi connectivity index (χ0) is 20.2. The van der Waals surface area contributed by atoms with Gasteiger partial charge in [0, 0.05) is 23.5 Å². The van der Waals surface area contributed by atoms with Gasteiger partial charge in [0.1, 0.15) is 6.54 Å². The first kappa shape index (κ1) is 18.8. The molecule has 0 saturated heterocycles. The van der Waals surface area contributed by atoms with Crippen LogP contribution in [0.25, 0.3) is 0 Å². The van der Waals surface area contributed by atoms with E-state index in [1.807, 2.05) is 24.3 Å². The van der Waals surface area contributed by atoms with Crippen molar-refractivity contribution in [1.82, 2.24) is 4.90 Å². The molecule has 1 amide bonds. The Morgan fingerprint density at radius 1 is 1.14 bits per heavy atom. The standard InChI is InChI=1S/C21H20F3NO3/c1-11-12(2)20(25(19(11)27)10-21(22,23)24)28-9-17-15-7-13-5-3-4-6-14(13)16(15)8-18(17)26/h3-6,9,15-16,20H,7-8,10H2,1-2H3/b17-9+. The molecule has 148 valence electrons. The van der Waals surface area contributed by atoms with Gasteiger partial charge in [-0.25, -0.2) is 0 Å². The Hall–Kier alpha value is -2.57. The maximum atomic E-state index is 12.9. The number of benzene rings is 1. The van der Waals surface area contributed by atoms with E-state index in [0.717, 1.165) is 5.56 Å².